The molecule has 0 saturated carbocycles. The van der Waals surface area contributed by atoms with E-state index in [1.165, 1.54) is 16.4 Å². The molecule has 8 nitrogen and oxygen atoms in total. The van der Waals surface area contributed by atoms with Crippen LogP contribution in [0.5, 0.6) is 0 Å². The minimum Gasteiger partial charge on any atom is -0.355 e. The molecule has 2 aromatic heterocycles. The number of nitrogens with zero attached hydrogens (tertiary/aromatic N) is 6. The number of sulfonamides is 1. The van der Waals surface area contributed by atoms with Crippen molar-refractivity contribution in [3.05, 3.63) is 70.1 Å². The van der Waals surface area contributed by atoms with Crippen LogP contribution in [0.2, 0.25) is 10.0 Å². The van der Waals surface area contributed by atoms with Gasteiger partial charge in [0.2, 0.25) is 10.0 Å². The zero-order valence-electron chi connectivity index (χ0n) is 20.7. The number of aromatic nitrogens is 4. The Morgan fingerprint density at radius 2 is 1.76 bits per heavy atom. The standard InChI is InChI=1S/C26H28Cl2N6O2S/c1-3-8-23-29-25(24-18(2)31-34(26(24)30-23)20-9-5-4-6-10-20)32-13-7-14-33(16-15-32)37(35,36)22-17-19(27)11-12-21(22)28/h4-6,9-12,17H,3,7-8,13-16H2,1-2H3. The van der Waals surface area contributed by atoms with Crippen LogP contribution in [0.25, 0.3) is 16.7 Å². The summed E-state index contributed by atoms with van der Waals surface area (Å²) < 4.78 is 30.2. The predicted octanol–water partition coefficient (Wildman–Crippen LogP) is 5.28. The molecule has 0 radical (unpaired) electrons. The second-order valence-electron chi connectivity index (χ2n) is 9.06. The van der Waals surface area contributed by atoms with Gasteiger partial charge in [-0.05, 0) is 50.1 Å². The fourth-order valence-electron chi connectivity index (χ4n) is 4.68. The highest BCUT2D eigenvalue weighted by molar-refractivity contribution is 7.89. The Kier molecular flexibility index (Phi) is 7.40. The molecule has 3 heterocycles. The molecule has 194 valence electrons. The Morgan fingerprint density at radius 1 is 0.973 bits per heavy atom. The van der Waals surface area contributed by atoms with E-state index in [2.05, 4.69) is 11.8 Å². The first-order chi connectivity index (χ1) is 17.8. The van der Waals surface area contributed by atoms with Crippen LogP contribution in [0, 0.1) is 6.92 Å². The van der Waals surface area contributed by atoms with Crippen LogP contribution in [0.4, 0.5) is 5.82 Å². The molecular weight excluding hydrogens is 531 g/mol. The van der Waals surface area contributed by atoms with E-state index in [0.717, 1.165) is 46.9 Å². The third kappa shape index (κ3) is 5.05. The average molecular weight is 560 g/mol. The minimum atomic E-state index is -3.80. The minimum absolute atomic E-state index is 0.0322. The largest absolute Gasteiger partial charge is 0.355 e. The first kappa shape index (κ1) is 25.9. The molecule has 1 saturated heterocycles. The number of hydrogen-bond acceptors (Lipinski definition) is 6. The third-order valence-electron chi connectivity index (χ3n) is 6.47. The lowest BCUT2D eigenvalue weighted by atomic mass is 10.2. The number of anilines is 1. The molecule has 2 aromatic carbocycles. The van der Waals surface area contributed by atoms with Crippen molar-refractivity contribution in [1.29, 1.82) is 0 Å². The summed E-state index contributed by atoms with van der Waals surface area (Å²) in [5.74, 6) is 1.55. The van der Waals surface area contributed by atoms with Gasteiger partial charge in [0.15, 0.2) is 5.65 Å². The molecule has 1 aliphatic heterocycles. The Balaban J connectivity index is 1.52. The number of aryl methyl sites for hydroxylation is 2. The van der Waals surface area contributed by atoms with Crippen molar-refractivity contribution in [2.24, 2.45) is 0 Å². The van der Waals surface area contributed by atoms with Crippen molar-refractivity contribution in [2.75, 3.05) is 31.1 Å². The molecular formula is C26H28Cl2N6O2S. The molecule has 5 rings (SSSR count). The zero-order valence-corrected chi connectivity index (χ0v) is 23.1. The van der Waals surface area contributed by atoms with Gasteiger partial charge in [-0.3, -0.25) is 0 Å². The molecule has 0 spiro atoms. The van der Waals surface area contributed by atoms with E-state index in [1.807, 2.05) is 41.9 Å². The van der Waals surface area contributed by atoms with E-state index in [0.29, 0.717) is 37.6 Å². The van der Waals surface area contributed by atoms with Crippen molar-refractivity contribution < 1.29 is 8.42 Å². The molecule has 11 heteroatoms. The lowest BCUT2D eigenvalue weighted by Gasteiger charge is -2.24. The van der Waals surface area contributed by atoms with Gasteiger partial charge in [0.25, 0.3) is 0 Å². The summed E-state index contributed by atoms with van der Waals surface area (Å²) in [6.45, 7) is 5.87. The Labute approximate surface area is 226 Å². The topological polar surface area (TPSA) is 84.2 Å². The average Bonchev–Trinajstić information content (AvgIpc) is 3.05. The van der Waals surface area contributed by atoms with Crippen molar-refractivity contribution >= 4 is 50.1 Å². The van der Waals surface area contributed by atoms with E-state index in [4.69, 9.17) is 38.3 Å². The van der Waals surface area contributed by atoms with Gasteiger partial charge in [-0.25, -0.2) is 23.1 Å². The Bertz CT molecular complexity index is 1540. The van der Waals surface area contributed by atoms with Gasteiger partial charge in [0.1, 0.15) is 16.5 Å². The van der Waals surface area contributed by atoms with E-state index >= 15 is 0 Å². The molecule has 1 fully saturated rings. The van der Waals surface area contributed by atoms with Gasteiger partial charge in [-0.2, -0.15) is 9.40 Å². The monoisotopic (exact) mass is 558 g/mol. The smallest absolute Gasteiger partial charge is 0.244 e. The summed E-state index contributed by atoms with van der Waals surface area (Å²) in [5, 5.41) is 6.19. The fourth-order valence-corrected chi connectivity index (χ4v) is 6.89. The SMILES string of the molecule is CCCc1nc(N2CCCN(S(=O)(=O)c3cc(Cl)ccc3Cl)CC2)c2c(C)nn(-c3ccccc3)c2n1. The maximum atomic E-state index is 13.4. The van der Waals surface area contributed by atoms with E-state index < -0.39 is 10.0 Å². The first-order valence-corrected chi connectivity index (χ1v) is 14.5. The number of fused-ring (bicyclic) bond motifs is 1. The van der Waals surface area contributed by atoms with Crippen LogP contribution in [0.15, 0.2) is 53.4 Å². The van der Waals surface area contributed by atoms with Gasteiger partial charge >= 0.3 is 0 Å². The second kappa shape index (κ2) is 10.6. The summed E-state index contributed by atoms with van der Waals surface area (Å²) >= 11 is 12.3. The van der Waals surface area contributed by atoms with Gasteiger partial charge in [0.05, 0.1) is 21.8 Å². The summed E-state index contributed by atoms with van der Waals surface area (Å²) in [6.07, 6.45) is 2.29. The van der Waals surface area contributed by atoms with E-state index in [-0.39, 0.29) is 9.92 Å². The second-order valence-corrected chi connectivity index (χ2v) is 11.8. The van der Waals surface area contributed by atoms with Gasteiger partial charge in [-0.1, -0.05) is 48.3 Å². The maximum Gasteiger partial charge on any atom is 0.244 e. The summed E-state index contributed by atoms with van der Waals surface area (Å²) in [7, 11) is -3.80. The zero-order chi connectivity index (χ0) is 26.2. The molecule has 0 amide bonds. The normalized spacial score (nSPS) is 15.3. The van der Waals surface area contributed by atoms with Crippen LogP contribution in [-0.2, 0) is 16.4 Å². The number of benzene rings is 2. The molecule has 37 heavy (non-hydrogen) atoms. The quantitative estimate of drug-likeness (QED) is 0.320. The highest BCUT2D eigenvalue weighted by Gasteiger charge is 2.30. The predicted molar refractivity (Wildman–Crippen MR) is 147 cm³/mol. The fraction of sp³-hybridized carbons (Fsp3) is 0.346. The number of para-hydroxylation sites is 1. The van der Waals surface area contributed by atoms with Crippen molar-refractivity contribution in [3.8, 4) is 5.69 Å². The van der Waals surface area contributed by atoms with Gasteiger partial charge in [0, 0.05) is 37.6 Å². The van der Waals surface area contributed by atoms with Crippen LogP contribution < -0.4 is 4.90 Å². The highest BCUT2D eigenvalue weighted by atomic mass is 35.5. The molecule has 4 aromatic rings. The molecule has 0 aliphatic carbocycles. The highest BCUT2D eigenvalue weighted by Crippen LogP contribution is 2.32. The number of hydrogen-bond donors (Lipinski definition) is 0. The third-order valence-corrected chi connectivity index (χ3v) is 9.08. The summed E-state index contributed by atoms with van der Waals surface area (Å²) in [6, 6.07) is 14.4. The van der Waals surface area contributed by atoms with Crippen molar-refractivity contribution in [2.45, 2.75) is 38.0 Å². The van der Waals surface area contributed by atoms with E-state index in [1.54, 1.807) is 6.07 Å². The lowest BCUT2D eigenvalue weighted by molar-refractivity contribution is 0.433. The summed E-state index contributed by atoms with van der Waals surface area (Å²) in [5.41, 5.74) is 2.52. The summed E-state index contributed by atoms with van der Waals surface area (Å²) in [4.78, 5) is 12.0. The lowest BCUT2D eigenvalue weighted by Crippen LogP contribution is -2.35. The maximum absolute atomic E-state index is 13.4. The number of halogens is 2. The van der Waals surface area contributed by atoms with E-state index in [9.17, 15) is 8.42 Å². The molecule has 0 N–H and O–H groups in total. The molecule has 1 aliphatic rings. The Morgan fingerprint density at radius 3 is 2.51 bits per heavy atom. The van der Waals surface area contributed by atoms with Gasteiger partial charge < -0.3 is 4.90 Å². The van der Waals surface area contributed by atoms with Crippen molar-refractivity contribution in [3.63, 3.8) is 0 Å². The van der Waals surface area contributed by atoms with Crippen LogP contribution in [0.3, 0.4) is 0 Å². The molecule has 0 bridgehead atoms. The van der Waals surface area contributed by atoms with Gasteiger partial charge in [-0.15, -0.1) is 0 Å². The van der Waals surface area contributed by atoms with Crippen LogP contribution >= 0.6 is 23.2 Å². The Hall–Kier alpha value is -2.72. The molecule has 0 atom stereocenters. The van der Waals surface area contributed by atoms with Crippen LogP contribution in [0.1, 0.15) is 31.3 Å². The first-order valence-electron chi connectivity index (χ1n) is 12.3. The van der Waals surface area contributed by atoms with Crippen molar-refractivity contribution in [1.82, 2.24) is 24.1 Å². The van der Waals surface area contributed by atoms with Crippen LogP contribution in [-0.4, -0.2) is 58.7 Å². The number of rotatable bonds is 6. The molecule has 0 unspecified atom stereocenters.